The predicted octanol–water partition coefficient (Wildman–Crippen LogP) is 1.96. The number of esters is 1. The second kappa shape index (κ2) is 5.88. The van der Waals surface area contributed by atoms with Crippen LogP contribution in [-0.4, -0.2) is 25.1 Å². The molecule has 7 nitrogen and oxygen atoms in total. The highest BCUT2D eigenvalue weighted by molar-refractivity contribution is 8.03. The first kappa shape index (κ1) is 13.8. The highest BCUT2D eigenvalue weighted by Gasteiger charge is 2.23. The van der Waals surface area contributed by atoms with E-state index in [1.54, 1.807) is 5.40 Å². The highest BCUT2D eigenvalue weighted by atomic mass is 32.2. The summed E-state index contributed by atoms with van der Waals surface area (Å²) in [6.07, 6.45) is 0. The van der Waals surface area contributed by atoms with Crippen LogP contribution >= 0.6 is 11.8 Å². The Hall–Kier alpha value is -2.27. The molecule has 0 amide bonds. The van der Waals surface area contributed by atoms with Gasteiger partial charge in [0.1, 0.15) is 21.6 Å². The Morgan fingerprint density at radius 1 is 1.50 bits per heavy atom. The number of hydrogen-bond acceptors (Lipinski definition) is 7. The van der Waals surface area contributed by atoms with Crippen molar-refractivity contribution in [3.05, 3.63) is 27.8 Å². The molecule has 1 rings (SSSR count). The van der Waals surface area contributed by atoms with E-state index in [1.165, 1.54) is 20.3 Å². The minimum Gasteiger partial charge on any atom is -0.496 e. The zero-order chi connectivity index (χ0) is 13.7. The Bertz CT molecular complexity index is 538. The van der Waals surface area contributed by atoms with Gasteiger partial charge in [-0.25, -0.2) is 4.79 Å². The first-order valence-corrected chi connectivity index (χ1v) is 5.37. The standard InChI is InChI=1S/C10H8N2O5S/c1-16-8-4-7(12(14)15)9(18-5-11)3-6(8)10(13)17-2/h3-4H,1-2H3. The van der Waals surface area contributed by atoms with Crippen molar-refractivity contribution in [1.82, 2.24) is 0 Å². The SMILES string of the molecule is COC(=O)c1cc(SC#N)c([N+](=O)[O-])cc1OC. The molecule has 18 heavy (non-hydrogen) atoms. The summed E-state index contributed by atoms with van der Waals surface area (Å²) >= 11 is 0.592. The molecule has 0 aliphatic carbocycles. The summed E-state index contributed by atoms with van der Waals surface area (Å²) in [5, 5.41) is 21.1. The van der Waals surface area contributed by atoms with Crippen LogP contribution in [0, 0.1) is 20.8 Å². The molecule has 8 heteroatoms. The van der Waals surface area contributed by atoms with E-state index in [1.807, 2.05) is 0 Å². The van der Waals surface area contributed by atoms with Gasteiger partial charge in [0.2, 0.25) is 0 Å². The Morgan fingerprint density at radius 3 is 2.61 bits per heavy atom. The quantitative estimate of drug-likeness (QED) is 0.270. The first-order chi connectivity index (χ1) is 8.54. The van der Waals surface area contributed by atoms with E-state index >= 15 is 0 Å². The molecule has 0 spiro atoms. The minimum atomic E-state index is -0.693. The largest absolute Gasteiger partial charge is 0.496 e. The normalized spacial score (nSPS) is 9.39. The van der Waals surface area contributed by atoms with Crippen LogP contribution in [-0.2, 0) is 4.74 Å². The molecule has 0 aromatic heterocycles. The molecule has 94 valence electrons. The maximum atomic E-state index is 11.5. The van der Waals surface area contributed by atoms with Crippen molar-refractivity contribution in [3.63, 3.8) is 0 Å². The van der Waals surface area contributed by atoms with E-state index in [0.717, 1.165) is 6.07 Å². The van der Waals surface area contributed by atoms with E-state index in [0.29, 0.717) is 11.8 Å². The fraction of sp³-hybridized carbons (Fsp3) is 0.200. The lowest BCUT2D eigenvalue weighted by atomic mass is 10.2. The Balaban J connectivity index is 3.46. The van der Waals surface area contributed by atoms with Gasteiger partial charge in [0.15, 0.2) is 0 Å². The number of carbonyl (C=O) groups excluding carboxylic acids is 1. The van der Waals surface area contributed by atoms with Crippen molar-refractivity contribution in [3.8, 4) is 11.2 Å². The highest BCUT2D eigenvalue weighted by Crippen LogP contribution is 2.35. The van der Waals surface area contributed by atoms with Gasteiger partial charge in [-0.3, -0.25) is 10.1 Å². The molecule has 0 bridgehead atoms. The summed E-state index contributed by atoms with van der Waals surface area (Å²) in [6, 6.07) is 2.29. The van der Waals surface area contributed by atoms with Gasteiger partial charge in [0.05, 0.1) is 25.2 Å². The van der Waals surface area contributed by atoms with Gasteiger partial charge in [-0.2, -0.15) is 5.26 Å². The average molecular weight is 268 g/mol. The molecule has 0 saturated carbocycles. The number of benzene rings is 1. The number of rotatable bonds is 4. The zero-order valence-electron chi connectivity index (χ0n) is 9.50. The Labute approximate surface area is 106 Å². The summed E-state index contributed by atoms with van der Waals surface area (Å²) in [6.45, 7) is 0. The monoisotopic (exact) mass is 268 g/mol. The molecule has 0 unspecified atom stereocenters. The smallest absolute Gasteiger partial charge is 0.341 e. The topological polar surface area (TPSA) is 102 Å². The van der Waals surface area contributed by atoms with Gasteiger partial charge in [-0.15, -0.1) is 0 Å². The van der Waals surface area contributed by atoms with E-state index in [-0.39, 0.29) is 21.9 Å². The number of nitrogens with zero attached hydrogens (tertiary/aromatic N) is 2. The van der Waals surface area contributed by atoms with Crippen LogP contribution in [0.25, 0.3) is 0 Å². The molecule has 0 radical (unpaired) electrons. The maximum absolute atomic E-state index is 11.5. The Kier molecular flexibility index (Phi) is 4.51. The maximum Gasteiger partial charge on any atom is 0.341 e. The fourth-order valence-corrected chi connectivity index (χ4v) is 1.77. The second-order valence-corrected chi connectivity index (χ2v) is 3.79. The second-order valence-electron chi connectivity index (χ2n) is 2.96. The summed E-state index contributed by atoms with van der Waals surface area (Å²) in [4.78, 5) is 21.7. The number of carbonyl (C=O) groups is 1. The molecule has 0 aliphatic heterocycles. The van der Waals surface area contributed by atoms with E-state index in [2.05, 4.69) is 4.74 Å². The number of thioether (sulfide) groups is 1. The number of methoxy groups -OCH3 is 2. The number of nitro groups is 1. The van der Waals surface area contributed by atoms with E-state index in [4.69, 9.17) is 10.00 Å². The van der Waals surface area contributed by atoms with Crippen LogP contribution in [0.15, 0.2) is 17.0 Å². The number of nitriles is 1. The van der Waals surface area contributed by atoms with Crippen LogP contribution in [0.1, 0.15) is 10.4 Å². The molecule has 0 N–H and O–H groups in total. The van der Waals surface area contributed by atoms with Gasteiger partial charge in [-0.1, -0.05) is 0 Å². The van der Waals surface area contributed by atoms with Gasteiger partial charge < -0.3 is 9.47 Å². The van der Waals surface area contributed by atoms with Crippen molar-refractivity contribution in [2.75, 3.05) is 14.2 Å². The summed E-state index contributed by atoms with van der Waals surface area (Å²) < 4.78 is 9.43. The van der Waals surface area contributed by atoms with E-state index in [9.17, 15) is 14.9 Å². The van der Waals surface area contributed by atoms with Crippen LogP contribution < -0.4 is 4.74 Å². The summed E-state index contributed by atoms with van der Waals surface area (Å²) in [5.74, 6) is -0.669. The lowest BCUT2D eigenvalue weighted by Gasteiger charge is -2.08. The summed E-state index contributed by atoms with van der Waals surface area (Å²) in [7, 11) is 2.46. The van der Waals surface area contributed by atoms with Crippen molar-refractivity contribution in [1.29, 1.82) is 5.26 Å². The number of nitro benzene ring substituents is 1. The minimum absolute atomic E-state index is 0.0239. The molecular formula is C10H8N2O5S. The molecule has 1 aromatic carbocycles. The van der Waals surface area contributed by atoms with Crippen molar-refractivity contribution < 1.29 is 19.2 Å². The van der Waals surface area contributed by atoms with Crippen LogP contribution in [0.2, 0.25) is 0 Å². The average Bonchev–Trinajstić information content (AvgIpc) is 2.37. The number of ether oxygens (including phenoxy) is 2. The van der Waals surface area contributed by atoms with Crippen LogP contribution in [0.3, 0.4) is 0 Å². The zero-order valence-corrected chi connectivity index (χ0v) is 10.3. The number of thiocyanates is 1. The fourth-order valence-electron chi connectivity index (χ4n) is 1.26. The molecule has 0 saturated heterocycles. The first-order valence-electron chi connectivity index (χ1n) is 4.55. The van der Waals surface area contributed by atoms with Gasteiger partial charge in [0.25, 0.3) is 5.69 Å². The van der Waals surface area contributed by atoms with E-state index < -0.39 is 10.9 Å². The van der Waals surface area contributed by atoms with Gasteiger partial charge in [-0.05, 0) is 17.8 Å². The van der Waals surface area contributed by atoms with Crippen molar-refractivity contribution >= 4 is 23.4 Å². The third-order valence-corrected chi connectivity index (χ3v) is 2.68. The molecule has 0 aliphatic rings. The van der Waals surface area contributed by atoms with Crippen molar-refractivity contribution in [2.45, 2.75) is 4.90 Å². The third-order valence-electron chi connectivity index (χ3n) is 2.04. The molecular weight excluding hydrogens is 260 g/mol. The molecule has 1 aromatic rings. The predicted molar refractivity (Wildman–Crippen MR) is 62.5 cm³/mol. The Morgan fingerprint density at radius 2 is 2.17 bits per heavy atom. The summed E-state index contributed by atoms with van der Waals surface area (Å²) in [5.41, 5.74) is -0.269. The molecule has 0 heterocycles. The van der Waals surface area contributed by atoms with Crippen LogP contribution in [0.4, 0.5) is 5.69 Å². The number of hydrogen-bond donors (Lipinski definition) is 0. The van der Waals surface area contributed by atoms with Crippen molar-refractivity contribution in [2.24, 2.45) is 0 Å². The van der Waals surface area contributed by atoms with Gasteiger partial charge >= 0.3 is 5.97 Å². The lowest BCUT2D eigenvalue weighted by Crippen LogP contribution is -2.05. The third kappa shape index (κ3) is 2.70. The molecule has 0 atom stereocenters. The lowest BCUT2D eigenvalue weighted by molar-refractivity contribution is -0.387. The molecule has 0 fully saturated rings. The van der Waals surface area contributed by atoms with Crippen LogP contribution in [0.5, 0.6) is 5.75 Å². The van der Waals surface area contributed by atoms with Gasteiger partial charge in [0, 0.05) is 0 Å².